The van der Waals surface area contributed by atoms with E-state index in [0.29, 0.717) is 19.1 Å². The van der Waals surface area contributed by atoms with Crippen LogP contribution in [0.1, 0.15) is 51.9 Å². The largest absolute Gasteiger partial charge is 0.401 e. The van der Waals surface area contributed by atoms with Gasteiger partial charge in [-0.25, -0.2) is 0 Å². The molecule has 0 radical (unpaired) electrons. The highest BCUT2D eigenvalue weighted by atomic mass is 19.4. The van der Waals surface area contributed by atoms with Crippen molar-refractivity contribution in [1.29, 1.82) is 0 Å². The van der Waals surface area contributed by atoms with Crippen molar-refractivity contribution in [1.82, 2.24) is 10.2 Å². The molecule has 5 heteroatoms. The summed E-state index contributed by atoms with van der Waals surface area (Å²) in [6.07, 6.45) is 4.29. The Morgan fingerprint density at radius 1 is 0.952 bits per heavy atom. The predicted octanol–water partition coefficient (Wildman–Crippen LogP) is 3.82. The zero-order valence-electron chi connectivity index (χ0n) is 13.1. The van der Waals surface area contributed by atoms with Gasteiger partial charge in [0.2, 0.25) is 0 Å². The fraction of sp³-hybridized carbons (Fsp3) is 1.00. The molecule has 0 aromatic rings. The molecule has 1 aliphatic heterocycles. The minimum Gasteiger partial charge on any atom is -0.314 e. The molecule has 0 aromatic heterocycles. The third-order valence-electron chi connectivity index (χ3n) is 5.23. The fourth-order valence-corrected chi connectivity index (χ4v) is 3.73. The van der Waals surface area contributed by atoms with Crippen LogP contribution in [0.3, 0.4) is 0 Å². The maximum Gasteiger partial charge on any atom is 0.401 e. The van der Waals surface area contributed by atoms with Gasteiger partial charge >= 0.3 is 6.18 Å². The molecule has 2 aliphatic rings. The number of hydrogen-bond acceptors (Lipinski definition) is 2. The van der Waals surface area contributed by atoms with Gasteiger partial charge in [0.1, 0.15) is 0 Å². The fourth-order valence-electron chi connectivity index (χ4n) is 3.73. The zero-order chi connectivity index (χ0) is 15.3. The zero-order valence-corrected chi connectivity index (χ0v) is 13.1. The van der Waals surface area contributed by atoms with Crippen molar-refractivity contribution in [3.8, 4) is 0 Å². The molecule has 1 N–H and O–H groups in total. The van der Waals surface area contributed by atoms with E-state index in [1.54, 1.807) is 0 Å². The SMILES string of the molecule is CCC1CCC(CNC2CCN(CC(F)(F)F)CC2)CC1. The van der Waals surface area contributed by atoms with Crippen LogP contribution in [-0.4, -0.2) is 43.3 Å². The van der Waals surface area contributed by atoms with E-state index in [1.165, 1.54) is 37.0 Å². The van der Waals surface area contributed by atoms with Crippen LogP contribution in [-0.2, 0) is 0 Å². The second-order valence-corrected chi connectivity index (χ2v) is 6.87. The van der Waals surface area contributed by atoms with Gasteiger partial charge in [0.25, 0.3) is 0 Å². The van der Waals surface area contributed by atoms with E-state index in [1.807, 2.05) is 0 Å². The van der Waals surface area contributed by atoms with Crippen molar-refractivity contribution in [3.05, 3.63) is 0 Å². The van der Waals surface area contributed by atoms with E-state index in [4.69, 9.17) is 0 Å². The van der Waals surface area contributed by atoms with Crippen molar-refractivity contribution in [2.24, 2.45) is 11.8 Å². The molecule has 0 amide bonds. The molecule has 0 aromatic carbocycles. The maximum atomic E-state index is 12.3. The van der Waals surface area contributed by atoms with Crippen molar-refractivity contribution < 1.29 is 13.2 Å². The van der Waals surface area contributed by atoms with Gasteiger partial charge in [-0.05, 0) is 57.2 Å². The van der Waals surface area contributed by atoms with Crippen LogP contribution in [0.25, 0.3) is 0 Å². The lowest BCUT2D eigenvalue weighted by atomic mass is 9.81. The van der Waals surface area contributed by atoms with Crippen molar-refractivity contribution in [2.45, 2.75) is 64.1 Å². The van der Waals surface area contributed by atoms with E-state index in [-0.39, 0.29) is 0 Å². The first-order chi connectivity index (χ1) is 9.96. The molecule has 0 atom stereocenters. The summed E-state index contributed by atoms with van der Waals surface area (Å²) >= 11 is 0. The molecule has 1 saturated heterocycles. The van der Waals surface area contributed by atoms with Crippen LogP contribution < -0.4 is 5.32 Å². The minimum absolute atomic E-state index is 0.415. The Morgan fingerprint density at radius 3 is 2.05 bits per heavy atom. The molecular weight excluding hydrogens is 277 g/mol. The number of nitrogens with zero attached hydrogens (tertiary/aromatic N) is 1. The number of hydrogen-bond donors (Lipinski definition) is 1. The minimum atomic E-state index is -4.06. The average Bonchev–Trinajstić information content (AvgIpc) is 2.45. The first-order valence-corrected chi connectivity index (χ1v) is 8.48. The van der Waals surface area contributed by atoms with E-state index in [9.17, 15) is 13.2 Å². The van der Waals surface area contributed by atoms with Crippen LogP contribution in [0.5, 0.6) is 0 Å². The summed E-state index contributed by atoms with van der Waals surface area (Å²) in [6.45, 7) is 3.72. The highest BCUT2D eigenvalue weighted by molar-refractivity contribution is 4.80. The summed E-state index contributed by atoms with van der Waals surface area (Å²) in [5, 5.41) is 3.60. The molecule has 124 valence electrons. The number of piperidine rings is 1. The van der Waals surface area contributed by atoms with Crippen LogP contribution in [0.15, 0.2) is 0 Å². The molecule has 2 rings (SSSR count). The first-order valence-electron chi connectivity index (χ1n) is 8.48. The van der Waals surface area contributed by atoms with E-state index >= 15 is 0 Å². The van der Waals surface area contributed by atoms with Crippen molar-refractivity contribution in [3.63, 3.8) is 0 Å². The topological polar surface area (TPSA) is 15.3 Å². The second kappa shape index (κ2) is 7.82. The van der Waals surface area contributed by atoms with E-state index in [0.717, 1.165) is 31.2 Å². The van der Waals surface area contributed by atoms with E-state index < -0.39 is 12.7 Å². The molecule has 1 aliphatic carbocycles. The summed E-state index contributed by atoms with van der Waals surface area (Å²) in [5.74, 6) is 1.70. The monoisotopic (exact) mass is 306 g/mol. The van der Waals surface area contributed by atoms with Crippen molar-refractivity contribution in [2.75, 3.05) is 26.2 Å². The van der Waals surface area contributed by atoms with Gasteiger partial charge in [0.05, 0.1) is 6.54 Å². The molecule has 21 heavy (non-hydrogen) atoms. The molecule has 0 bridgehead atoms. The van der Waals surface area contributed by atoms with Crippen LogP contribution in [0.4, 0.5) is 13.2 Å². The predicted molar refractivity (Wildman–Crippen MR) is 79.3 cm³/mol. The van der Waals surface area contributed by atoms with Crippen molar-refractivity contribution >= 4 is 0 Å². The summed E-state index contributed by atoms with van der Waals surface area (Å²) in [5.41, 5.74) is 0. The molecule has 2 nitrogen and oxygen atoms in total. The third kappa shape index (κ3) is 6.15. The standard InChI is InChI=1S/C16H29F3N2/c1-2-13-3-5-14(6-4-13)11-20-15-7-9-21(10-8-15)12-16(17,18)19/h13-15,20H,2-12H2,1H3. The Balaban J connectivity index is 1.59. The lowest BCUT2D eigenvalue weighted by Gasteiger charge is -2.34. The van der Waals surface area contributed by atoms with Gasteiger partial charge in [0, 0.05) is 6.04 Å². The molecule has 0 spiro atoms. The smallest absolute Gasteiger partial charge is 0.314 e. The van der Waals surface area contributed by atoms with Gasteiger partial charge in [0.15, 0.2) is 0 Å². The molecular formula is C16H29F3N2. The first kappa shape index (κ1) is 17.1. The van der Waals surface area contributed by atoms with Gasteiger partial charge in [-0.1, -0.05) is 26.2 Å². The van der Waals surface area contributed by atoms with Crippen LogP contribution in [0.2, 0.25) is 0 Å². The molecule has 1 heterocycles. The Kier molecular flexibility index (Phi) is 6.35. The van der Waals surface area contributed by atoms with Gasteiger partial charge in [-0.15, -0.1) is 0 Å². The van der Waals surface area contributed by atoms with E-state index in [2.05, 4.69) is 12.2 Å². The second-order valence-electron chi connectivity index (χ2n) is 6.87. The Hall–Kier alpha value is -0.290. The number of nitrogens with one attached hydrogen (secondary N) is 1. The average molecular weight is 306 g/mol. The van der Waals surface area contributed by atoms with Crippen LogP contribution >= 0.6 is 0 Å². The van der Waals surface area contributed by atoms with Gasteiger partial charge in [-0.2, -0.15) is 13.2 Å². The highest BCUT2D eigenvalue weighted by Crippen LogP contribution is 2.30. The van der Waals surface area contributed by atoms with Crippen LogP contribution in [0, 0.1) is 11.8 Å². The number of alkyl halides is 3. The lowest BCUT2D eigenvalue weighted by molar-refractivity contribution is -0.148. The number of likely N-dealkylation sites (tertiary alicyclic amines) is 1. The Bertz CT molecular complexity index is 290. The molecule has 1 saturated carbocycles. The molecule has 2 fully saturated rings. The normalized spacial score (nSPS) is 29.7. The quantitative estimate of drug-likeness (QED) is 0.830. The summed E-state index contributed by atoms with van der Waals surface area (Å²) < 4.78 is 37.0. The molecule has 0 unspecified atom stereocenters. The highest BCUT2D eigenvalue weighted by Gasteiger charge is 2.32. The lowest BCUT2D eigenvalue weighted by Crippen LogP contribution is -2.46. The Labute approximate surface area is 126 Å². The maximum absolute atomic E-state index is 12.3. The summed E-state index contributed by atoms with van der Waals surface area (Å²) in [6, 6.07) is 0.415. The summed E-state index contributed by atoms with van der Waals surface area (Å²) in [4.78, 5) is 1.53. The van der Waals surface area contributed by atoms with Gasteiger partial charge < -0.3 is 5.32 Å². The third-order valence-corrected chi connectivity index (χ3v) is 5.23. The summed E-state index contributed by atoms with van der Waals surface area (Å²) in [7, 11) is 0. The van der Waals surface area contributed by atoms with Gasteiger partial charge in [-0.3, -0.25) is 4.90 Å². The Morgan fingerprint density at radius 2 is 1.52 bits per heavy atom. The number of rotatable bonds is 5. The number of halogens is 3.